The van der Waals surface area contributed by atoms with Crippen LogP contribution in [-0.4, -0.2) is 81.2 Å². The van der Waals surface area contributed by atoms with Crippen molar-refractivity contribution in [3.63, 3.8) is 0 Å². The highest BCUT2D eigenvalue weighted by Gasteiger charge is 2.33. The third-order valence-corrected chi connectivity index (χ3v) is 8.43. The molecule has 0 aromatic heterocycles. The van der Waals surface area contributed by atoms with Crippen LogP contribution < -0.4 is 15.4 Å². The molecule has 3 rings (SSSR count). The number of hydrogen-bond donors (Lipinski definition) is 1. The maximum Gasteiger partial charge on any atom is 0.573 e. The first kappa shape index (κ1) is 33.3. The molecule has 10 nitrogen and oxygen atoms in total. The number of nitrogen functional groups attached to an aromatic ring is 1. The van der Waals surface area contributed by atoms with Gasteiger partial charge in [0.25, 0.3) is 5.91 Å². The van der Waals surface area contributed by atoms with E-state index in [-0.39, 0.29) is 44.7 Å². The number of nitrogens with zero attached hydrogens (tertiary/aromatic N) is 3. The Morgan fingerprint density at radius 1 is 1.07 bits per heavy atom. The van der Waals surface area contributed by atoms with E-state index in [9.17, 15) is 31.2 Å². The van der Waals surface area contributed by atoms with Gasteiger partial charge in [-0.25, -0.2) is 13.2 Å². The van der Waals surface area contributed by atoms with Crippen LogP contribution in [0.25, 0.3) is 0 Å². The zero-order valence-electron chi connectivity index (χ0n) is 23.9. The summed E-state index contributed by atoms with van der Waals surface area (Å²) < 4.78 is 74.5. The minimum absolute atomic E-state index is 0.0552. The number of halogens is 4. The second kappa shape index (κ2) is 12.6. The van der Waals surface area contributed by atoms with Crippen LogP contribution >= 0.6 is 11.6 Å². The predicted octanol–water partition coefficient (Wildman–Crippen LogP) is 4.94. The van der Waals surface area contributed by atoms with Crippen LogP contribution in [0.3, 0.4) is 0 Å². The summed E-state index contributed by atoms with van der Waals surface area (Å²) in [6.07, 6.45) is -5.52. The van der Waals surface area contributed by atoms with E-state index in [0.29, 0.717) is 26.2 Å². The molecule has 1 aliphatic rings. The van der Waals surface area contributed by atoms with E-state index in [2.05, 4.69) is 4.74 Å². The molecule has 0 unspecified atom stereocenters. The molecule has 0 bridgehead atoms. The first-order valence-corrected chi connectivity index (χ1v) is 15.0. The average molecular weight is 635 g/mol. The van der Waals surface area contributed by atoms with E-state index in [1.54, 1.807) is 20.8 Å². The Labute approximate surface area is 248 Å². The minimum Gasteiger partial charge on any atom is -0.444 e. The molecular weight excluding hydrogens is 601 g/mol. The van der Waals surface area contributed by atoms with Gasteiger partial charge in [-0.15, -0.1) is 13.2 Å². The van der Waals surface area contributed by atoms with Gasteiger partial charge in [-0.2, -0.15) is 0 Å². The molecule has 0 aliphatic carbocycles. The molecule has 1 fully saturated rings. The molecule has 232 valence electrons. The smallest absolute Gasteiger partial charge is 0.444 e. The van der Waals surface area contributed by atoms with Crippen molar-refractivity contribution in [2.45, 2.75) is 51.1 Å². The zero-order valence-corrected chi connectivity index (χ0v) is 25.5. The van der Waals surface area contributed by atoms with Crippen LogP contribution in [-0.2, 0) is 21.1 Å². The molecule has 0 spiro atoms. The Kier molecular flexibility index (Phi) is 9.95. The predicted molar refractivity (Wildman–Crippen MR) is 153 cm³/mol. The van der Waals surface area contributed by atoms with Gasteiger partial charge in [-0.1, -0.05) is 18.5 Å². The summed E-state index contributed by atoms with van der Waals surface area (Å²) in [5, 5.41) is 0.146. The lowest BCUT2D eigenvalue weighted by molar-refractivity contribution is -0.274. The summed E-state index contributed by atoms with van der Waals surface area (Å²) in [5.74, 6) is -1.79. The lowest BCUT2D eigenvalue weighted by Gasteiger charge is -2.35. The lowest BCUT2D eigenvalue weighted by Crippen LogP contribution is -2.49. The van der Waals surface area contributed by atoms with Gasteiger partial charge in [-0.3, -0.25) is 9.69 Å². The fourth-order valence-electron chi connectivity index (χ4n) is 4.30. The molecule has 2 aromatic rings. The molecule has 1 heterocycles. The van der Waals surface area contributed by atoms with Crippen molar-refractivity contribution < 1.29 is 40.7 Å². The first-order chi connectivity index (χ1) is 19.3. The zero-order chi connectivity index (χ0) is 31.6. The molecule has 1 aliphatic heterocycles. The standard InChI is InChI=1S/C27H34ClF3N4O6S/c1-6-42(38,39)22-8-7-18(28)14-21(22)33(5)24(36)20-15-19(40-27(29,30)31)13-17(23(20)32)16-34-9-11-35(12-10-34)25(37)41-26(2,3)4/h7-8,13-15H,6,9-12,16,32H2,1-5H3. The molecule has 1 saturated heterocycles. The normalized spacial score (nSPS) is 14.9. The van der Waals surface area contributed by atoms with Gasteiger partial charge in [0, 0.05) is 50.5 Å². The highest BCUT2D eigenvalue weighted by Crippen LogP contribution is 2.34. The van der Waals surface area contributed by atoms with Crippen molar-refractivity contribution in [1.29, 1.82) is 0 Å². The maximum atomic E-state index is 13.6. The summed E-state index contributed by atoms with van der Waals surface area (Å²) in [4.78, 5) is 30.2. The van der Waals surface area contributed by atoms with E-state index < -0.39 is 39.6 Å². The average Bonchev–Trinajstić information content (AvgIpc) is 2.88. The van der Waals surface area contributed by atoms with E-state index in [0.717, 1.165) is 17.0 Å². The van der Waals surface area contributed by atoms with Crippen molar-refractivity contribution in [3.8, 4) is 5.75 Å². The Morgan fingerprint density at radius 2 is 1.69 bits per heavy atom. The van der Waals surface area contributed by atoms with Gasteiger partial charge >= 0.3 is 12.5 Å². The lowest BCUT2D eigenvalue weighted by atomic mass is 10.0. The number of carbonyl (C=O) groups excluding carboxylic acids is 2. The number of nitrogens with two attached hydrogens (primary N) is 1. The fourth-order valence-corrected chi connectivity index (χ4v) is 5.57. The Morgan fingerprint density at radius 3 is 2.24 bits per heavy atom. The van der Waals surface area contributed by atoms with Gasteiger partial charge in [-0.05, 0) is 56.7 Å². The van der Waals surface area contributed by atoms with Gasteiger partial charge in [0.2, 0.25) is 0 Å². The summed E-state index contributed by atoms with van der Waals surface area (Å²) in [5.41, 5.74) is 5.38. The molecule has 0 radical (unpaired) electrons. The number of anilines is 2. The van der Waals surface area contributed by atoms with Gasteiger partial charge in [0.1, 0.15) is 11.4 Å². The van der Waals surface area contributed by atoms with E-state index in [1.807, 2.05) is 4.90 Å². The quantitative estimate of drug-likeness (QED) is 0.425. The van der Waals surface area contributed by atoms with Crippen LogP contribution in [0.4, 0.5) is 29.3 Å². The molecule has 2 aromatic carbocycles. The van der Waals surface area contributed by atoms with Gasteiger partial charge in [0.05, 0.1) is 21.9 Å². The molecule has 42 heavy (non-hydrogen) atoms. The molecule has 15 heteroatoms. The summed E-state index contributed by atoms with van der Waals surface area (Å²) in [7, 11) is -2.52. The highest BCUT2D eigenvalue weighted by atomic mass is 35.5. The van der Waals surface area contributed by atoms with Crippen molar-refractivity contribution in [2.75, 3.05) is 49.6 Å². The van der Waals surface area contributed by atoms with Crippen LogP contribution in [0.5, 0.6) is 5.75 Å². The molecule has 2 amide bonds. The Bertz CT molecular complexity index is 1440. The number of amides is 2. The van der Waals surface area contributed by atoms with Crippen molar-refractivity contribution >= 4 is 44.8 Å². The number of benzene rings is 2. The monoisotopic (exact) mass is 634 g/mol. The van der Waals surface area contributed by atoms with Crippen molar-refractivity contribution in [3.05, 3.63) is 46.5 Å². The van der Waals surface area contributed by atoms with Crippen LogP contribution in [0, 0.1) is 0 Å². The molecule has 0 saturated carbocycles. The number of carbonyl (C=O) groups is 2. The van der Waals surface area contributed by atoms with Crippen LogP contribution in [0.2, 0.25) is 5.02 Å². The van der Waals surface area contributed by atoms with Crippen LogP contribution in [0.15, 0.2) is 35.2 Å². The fraction of sp³-hybridized carbons (Fsp3) is 0.481. The Balaban J connectivity index is 1.94. The minimum atomic E-state index is -5.05. The summed E-state index contributed by atoms with van der Waals surface area (Å²) in [6, 6.07) is 5.86. The Hall–Kier alpha value is -3.23. The number of sulfone groups is 1. The second-order valence-electron chi connectivity index (χ2n) is 10.7. The number of ether oxygens (including phenoxy) is 2. The van der Waals surface area contributed by atoms with E-state index >= 15 is 0 Å². The molecule has 0 atom stereocenters. The van der Waals surface area contributed by atoms with E-state index in [4.69, 9.17) is 22.1 Å². The SMILES string of the molecule is CCS(=O)(=O)c1ccc(Cl)cc1N(C)C(=O)c1cc(OC(F)(F)F)cc(CN2CCN(C(=O)OC(C)(C)C)CC2)c1N. The largest absolute Gasteiger partial charge is 0.573 e. The van der Waals surface area contributed by atoms with Gasteiger partial charge < -0.3 is 25.0 Å². The van der Waals surface area contributed by atoms with Gasteiger partial charge in [0.15, 0.2) is 9.84 Å². The third-order valence-electron chi connectivity index (χ3n) is 6.42. The molecule has 2 N–H and O–H groups in total. The number of piperazine rings is 1. The second-order valence-corrected chi connectivity index (χ2v) is 13.4. The molecular formula is C27H34ClF3N4O6S. The number of rotatable bonds is 7. The van der Waals surface area contributed by atoms with E-state index in [1.165, 1.54) is 37.1 Å². The topological polar surface area (TPSA) is 122 Å². The van der Waals surface area contributed by atoms with Crippen molar-refractivity contribution in [1.82, 2.24) is 9.80 Å². The van der Waals surface area contributed by atoms with Crippen LogP contribution in [0.1, 0.15) is 43.6 Å². The number of alkyl halides is 3. The maximum absolute atomic E-state index is 13.6. The summed E-state index contributed by atoms with van der Waals surface area (Å²) >= 11 is 6.09. The highest BCUT2D eigenvalue weighted by molar-refractivity contribution is 7.91. The van der Waals surface area contributed by atoms with Crippen molar-refractivity contribution in [2.24, 2.45) is 0 Å². The third kappa shape index (κ3) is 8.42. The summed E-state index contributed by atoms with van der Waals surface area (Å²) in [6.45, 7) is 8.12. The first-order valence-electron chi connectivity index (χ1n) is 13.0. The number of hydrogen-bond acceptors (Lipinski definition) is 8.